The first kappa shape index (κ1) is 19.9. The zero-order valence-electron chi connectivity index (χ0n) is 17.0. The molecule has 154 valence electrons. The number of methoxy groups -OCH3 is 1. The summed E-state index contributed by atoms with van der Waals surface area (Å²) in [5, 5.41) is 3.16. The highest BCUT2D eigenvalue weighted by Crippen LogP contribution is 2.24. The molecule has 4 rings (SSSR count). The highest BCUT2D eigenvalue weighted by atomic mass is 16.5. The predicted octanol–water partition coefficient (Wildman–Crippen LogP) is 5.01. The molecule has 2 aromatic carbocycles. The van der Waals surface area contributed by atoms with Gasteiger partial charge in [-0.15, -0.1) is 0 Å². The van der Waals surface area contributed by atoms with Crippen LogP contribution in [0, 0.1) is 0 Å². The largest absolute Gasteiger partial charge is 0.497 e. The van der Waals surface area contributed by atoms with Crippen LogP contribution in [-0.2, 0) is 0 Å². The van der Waals surface area contributed by atoms with Crippen LogP contribution in [0.1, 0.15) is 42.5 Å². The average molecular weight is 403 g/mol. The number of aromatic nitrogens is 2. The normalized spacial score (nSPS) is 14.2. The Kier molecular flexibility index (Phi) is 6.23. The summed E-state index contributed by atoms with van der Waals surface area (Å²) in [5.41, 5.74) is 2.36. The summed E-state index contributed by atoms with van der Waals surface area (Å²) in [6.45, 7) is 0. The van der Waals surface area contributed by atoms with Crippen LogP contribution in [0.3, 0.4) is 0 Å². The van der Waals surface area contributed by atoms with Crippen molar-refractivity contribution in [3.05, 3.63) is 66.5 Å². The quantitative estimate of drug-likeness (QED) is 0.626. The van der Waals surface area contributed by atoms with E-state index in [1.807, 2.05) is 36.4 Å². The van der Waals surface area contributed by atoms with Gasteiger partial charge < -0.3 is 14.8 Å². The smallest absolute Gasteiger partial charge is 0.321 e. The fourth-order valence-electron chi connectivity index (χ4n) is 3.62. The van der Waals surface area contributed by atoms with Crippen molar-refractivity contribution >= 4 is 5.91 Å². The van der Waals surface area contributed by atoms with Crippen LogP contribution < -0.4 is 14.8 Å². The lowest BCUT2D eigenvalue weighted by Gasteiger charge is -2.22. The summed E-state index contributed by atoms with van der Waals surface area (Å²) >= 11 is 0. The van der Waals surface area contributed by atoms with E-state index in [0.29, 0.717) is 11.3 Å². The van der Waals surface area contributed by atoms with Gasteiger partial charge in [-0.3, -0.25) is 4.79 Å². The Morgan fingerprint density at radius 1 is 0.933 bits per heavy atom. The summed E-state index contributed by atoms with van der Waals surface area (Å²) in [7, 11) is 1.62. The Balaban J connectivity index is 1.43. The lowest BCUT2D eigenvalue weighted by molar-refractivity contribution is 0.0927. The topological polar surface area (TPSA) is 73.3 Å². The summed E-state index contributed by atoms with van der Waals surface area (Å²) in [6, 6.07) is 15.3. The van der Waals surface area contributed by atoms with Crippen molar-refractivity contribution < 1.29 is 14.3 Å². The molecule has 0 saturated heterocycles. The number of nitrogens with one attached hydrogen (secondary N) is 1. The lowest BCUT2D eigenvalue weighted by atomic mass is 9.95. The molecule has 3 aromatic rings. The van der Waals surface area contributed by atoms with E-state index >= 15 is 0 Å². The number of amides is 1. The molecule has 0 atom stereocenters. The van der Waals surface area contributed by atoms with Crippen molar-refractivity contribution in [2.45, 2.75) is 38.1 Å². The van der Waals surface area contributed by atoms with Crippen LogP contribution in [-0.4, -0.2) is 29.0 Å². The molecule has 30 heavy (non-hydrogen) atoms. The molecule has 1 aliphatic carbocycles. The van der Waals surface area contributed by atoms with Crippen LogP contribution in [0.25, 0.3) is 11.1 Å². The number of hydrogen-bond acceptors (Lipinski definition) is 5. The van der Waals surface area contributed by atoms with E-state index in [2.05, 4.69) is 15.3 Å². The highest BCUT2D eigenvalue weighted by Gasteiger charge is 2.17. The molecular formula is C24H25N3O3. The Morgan fingerprint density at radius 2 is 1.63 bits per heavy atom. The minimum Gasteiger partial charge on any atom is -0.497 e. The van der Waals surface area contributed by atoms with Crippen LogP contribution >= 0.6 is 0 Å². The molecule has 0 bridgehead atoms. The number of benzene rings is 2. The molecule has 1 aliphatic rings. The number of ether oxygens (including phenoxy) is 2. The standard InChI is InChI=1S/C24H25N3O3/c1-29-21-10-12-22(13-11-21)30-24-25-15-19(16-26-24)17-6-5-7-18(14-17)23(28)27-20-8-3-2-4-9-20/h5-7,10-16,20H,2-4,8-9H2,1H3,(H,27,28). The van der Waals surface area contributed by atoms with Crippen molar-refractivity contribution in [3.63, 3.8) is 0 Å². The summed E-state index contributed by atoms with van der Waals surface area (Å²) in [6.07, 6.45) is 9.17. The van der Waals surface area contributed by atoms with Gasteiger partial charge in [0.05, 0.1) is 7.11 Å². The first-order valence-electron chi connectivity index (χ1n) is 10.3. The third-order valence-corrected chi connectivity index (χ3v) is 5.30. The maximum absolute atomic E-state index is 12.6. The van der Waals surface area contributed by atoms with Gasteiger partial charge in [0.1, 0.15) is 11.5 Å². The molecule has 1 N–H and O–H groups in total. The SMILES string of the molecule is COc1ccc(Oc2ncc(-c3cccc(C(=O)NC4CCCCC4)c3)cn2)cc1. The van der Waals surface area contributed by atoms with Gasteiger partial charge in [-0.25, -0.2) is 9.97 Å². The molecule has 1 saturated carbocycles. The number of carbonyl (C=O) groups excluding carboxylic acids is 1. The van der Waals surface area contributed by atoms with Crippen LogP contribution in [0.4, 0.5) is 0 Å². The number of carbonyl (C=O) groups is 1. The summed E-state index contributed by atoms with van der Waals surface area (Å²) in [4.78, 5) is 21.2. The predicted molar refractivity (Wildman–Crippen MR) is 115 cm³/mol. The molecule has 6 heteroatoms. The third-order valence-electron chi connectivity index (χ3n) is 5.30. The monoisotopic (exact) mass is 403 g/mol. The van der Waals surface area contributed by atoms with Gasteiger partial charge in [0.2, 0.25) is 0 Å². The van der Waals surface area contributed by atoms with E-state index in [1.54, 1.807) is 31.6 Å². The van der Waals surface area contributed by atoms with Gasteiger partial charge in [-0.2, -0.15) is 0 Å². The van der Waals surface area contributed by atoms with Crippen LogP contribution in [0.15, 0.2) is 60.9 Å². The Morgan fingerprint density at radius 3 is 2.33 bits per heavy atom. The molecule has 1 aromatic heterocycles. The zero-order chi connectivity index (χ0) is 20.8. The third kappa shape index (κ3) is 4.95. The van der Waals surface area contributed by atoms with Crippen molar-refractivity contribution in [3.8, 4) is 28.6 Å². The van der Waals surface area contributed by atoms with Gasteiger partial charge in [-0.05, 0) is 54.8 Å². The second-order valence-corrected chi connectivity index (χ2v) is 7.42. The van der Waals surface area contributed by atoms with Crippen molar-refractivity contribution in [1.82, 2.24) is 15.3 Å². The van der Waals surface area contributed by atoms with Crippen LogP contribution in [0.2, 0.25) is 0 Å². The van der Waals surface area contributed by atoms with Gasteiger partial charge in [0.15, 0.2) is 0 Å². The molecule has 1 amide bonds. The maximum Gasteiger partial charge on any atom is 0.321 e. The van der Waals surface area contributed by atoms with Crippen molar-refractivity contribution in [1.29, 1.82) is 0 Å². The molecular weight excluding hydrogens is 378 g/mol. The van der Waals surface area contributed by atoms with Gasteiger partial charge >= 0.3 is 6.01 Å². The fourth-order valence-corrected chi connectivity index (χ4v) is 3.62. The first-order valence-corrected chi connectivity index (χ1v) is 10.3. The fraction of sp³-hybridized carbons (Fsp3) is 0.292. The molecule has 0 unspecified atom stereocenters. The zero-order valence-corrected chi connectivity index (χ0v) is 17.0. The number of rotatable bonds is 6. The molecule has 1 heterocycles. The van der Waals surface area contributed by atoms with E-state index in [9.17, 15) is 4.79 Å². The van der Waals surface area contributed by atoms with E-state index in [0.717, 1.165) is 29.7 Å². The van der Waals surface area contributed by atoms with Gasteiger partial charge in [0, 0.05) is 29.6 Å². The minimum atomic E-state index is -0.0240. The summed E-state index contributed by atoms with van der Waals surface area (Å²) in [5.74, 6) is 1.36. The van der Waals surface area contributed by atoms with Crippen molar-refractivity contribution in [2.75, 3.05) is 7.11 Å². The molecule has 0 radical (unpaired) electrons. The summed E-state index contributed by atoms with van der Waals surface area (Å²) < 4.78 is 10.8. The molecule has 0 aliphatic heterocycles. The highest BCUT2D eigenvalue weighted by molar-refractivity contribution is 5.95. The molecule has 6 nitrogen and oxygen atoms in total. The Hall–Kier alpha value is -3.41. The second-order valence-electron chi connectivity index (χ2n) is 7.42. The first-order chi connectivity index (χ1) is 14.7. The minimum absolute atomic E-state index is 0.0240. The number of hydrogen-bond donors (Lipinski definition) is 1. The van der Waals surface area contributed by atoms with E-state index < -0.39 is 0 Å². The van der Waals surface area contributed by atoms with Crippen molar-refractivity contribution in [2.24, 2.45) is 0 Å². The van der Waals surface area contributed by atoms with Gasteiger partial charge in [-0.1, -0.05) is 31.4 Å². The number of nitrogens with zero attached hydrogens (tertiary/aromatic N) is 2. The Bertz CT molecular complexity index is 981. The molecule has 1 fully saturated rings. The van der Waals surface area contributed by atoms with E-state index in [1.165, 1.54) is 19.3 Å². The van der Waals surface area contributed by atoms with E-state index in [4.69, 9.17) is 9.47 Å². The average Bonchev–Trinajstić information content (AvgIpc) is 2.81. The molecule has 0 spiro atoms. The Labute approximate surface area is 176 Å². The second kappa shape index (κ2) is 9.39. The maximum atomic E-state index is 12.6. The lowest BCUT2D eigenvalue weighted by Crippen LogP contribution is -2.36. The van der Waals surface area contributed by atoms with E-state index in [-0.39, 0.29) is 18.0 Å². The van der Waals surface area contributed by atoms with Crippen LogP contribution in [0.5, 0.6) is 17.5 Å². The van der Waals surface area contributed by atoms with Gasteiger partial charge in [0.25, 0.3) is 5.91 Å².